The van der Waals surface area contributed by atoms with Crippen molar-refractivity contribution in [3.05, 3.63) is 35.7 Å². The normalized spacial score (nSPS) is 26.5. The van der Waals surface area contributed by atoms with E-state index in [1.807, 2.05) is 30.3 Å². The third-order valence-corrected chi connectivity index (χ3v) is 8.22. The Morgan fingerprint density at radius 1 is 1.19 bits per heavy atom. The van der Waals surface area contributed by atoms with Crippen LogP contribution in [0.1, 0.15) is 32.1 Å². The molecule has 138 valence electrons. The Hall–Kier alpha value is -1.77. The number of hydrogen-bond acceptors (Lipinski definition) is 5. The van der Waals surface area contributed by atoms with Crippen molar-refractivity contribution in [2.45, 2.75) is 49.2 Å². The lowest BCUT2D eigenvalue weighted by molar-refractivity contribution is -0.141. The number of aliphatic carboxylic acids is 1. The molecule has 2 aliphatic rings. The van der Waals surface area contributed by atoms with Crippen molar-refractivity contribution in [3.8, 4) is 10.6 Å². The van der Waals surface area contributed by atoms with E-state index in [1.165, 1.54) is 21.0 Å². The number of thiazole rings is 1. The van der Waals surface area contributed by atoms with E-state index in [0.29, 0.717) is 11.4 Å². The fraction of sp³-hybridized carbons (Fsp3) is 0.444. The van der Waals surface area contributed by atoms with Crippen LogP contribution in [-0.2, 0) is 14.8 Å². The smallest absolute Gasteiger partial charge is 0.322 e. The van der Waals surface area contributed by atoms with Gasteiger partial charge in [-0.25, -0.2) is 13.4 Å². The molecule has 26 heavy (non-hydrogen) atoms. The highest BCUT2D eigenvalue weighted by atomic mass is 32.2. The first-order valence-corrected chi connectivity index (χ1v) is 11.1. The molecule has 1 aliphatic heterocycles. The van der Waals surface area contributed by atoms with E-state index in [4.69, 9.17) is 0 Å². The molecule has 0 radical (unpaired) electrons. The molecule has 2 heterocycles. The number of nitrogens with zero attached hydrogens (tertiary/aromatic N) is 2. The predicted octanol–water partition coefficient (Wildman–Crippen LogP) is 3.22. The minimum atomic E-state index is -3.94. The standard InChI is InChI=1S/C18H20N2O4S2/c21-18(22)15-10-13-8-4-5-9-14(13)20(15)26(23,24)16-11-25-17(19-16)12-6-2-1-3-7-12/h1-3,6-7,11,13-15H,4-5,8-10H2,(H,21,22). The zero-order valence-corrected chi connectivity index (χ0v) is 15.7. The lowest BCUT2D eigenvalue weighted by atomic mass is 9.85. The molecule has 1 aromatic carbocycles. The van der Waals surface area contributed by atoms with Crippen LogP contribution >= 0.6 is 11.3 Å². The van der Waals surface area contributed by atoms with Gasteiger partial charge in [0.2, 0.25) is 0 Å². The van der Waals surface area contributed by atoms with Crippen molar-refractivity contribution >= 4 is 27.3 Å². The van der Waals surface area contributed by atoms with E-state index in [0.717, 1.165) is 31.2 Å². The second kappa shape index (κ2) is 6.75. The third kappa shape index (κ3) is 2.95. The van der Waals surface area contributed by atoms with Crippen LogP contribution < -0.4 is 0 Å². The van der Waals surface area contributed by atoms with E-state index in [2.05, 4.69) is 4.98 Å². The Kier molecular flexibility index (Phi) is 4.58. The lowest BCUT2D eigenvalue weighted by Crippen LogP contribution is -2.46. The third-order valence-electron chi connectivity index (χ3n) is 5.36. The van der Waals surface area contributed by atoms with Crippen LogP contribution in [0.5, 0.6) is 0 Å². The van der Waals surface area contributed by atoms with Crippen LogP contribution in [-0.4, -0.2) is 40.9 Å². The highest BCUT2D eigenvalue weighted by molar-refractivity contribution is 7.89. The van der Waals surface area contributed by atoms with Crippen LogP contribution in [0.15, 0.2) is 40.7 Å². The van der Waals surface area contributed by atoms with Gasteiger partial charge in [-0.1, -0.05) is 43.2 Å². The molecule has 0 amide bonds. The minimum absolute atomic E-state index is 0.0428. The molecule has 3 unspecified atom stereocenters. The number of hydrogen-bond donors (Lipinski definition) is 1. The summed E-state index contributed by atoms with van der Waals surface area (Å²) in [7, 11) is -3.94. The summed E-state index contributed by atoms with van der Waals surface area (Å²) >= 11 is 1.26. The largest absolute Gasteiger partial charge is 0.480 e. The van der Waals surface area contributed by atoms with Crippen LogP contribution in [0.4, 0.5) is 0 Å². The summed E-state index contributed by atoms with van der Waals surface area (Å²) in [5.74, 6) is -0.937. The molecule has 0 bridgehead atoms. The highest BCUT2D eigenvalue weighted by Gasteiger charge is 2.51. The zero-order valence-electron chi connectivity index (χ0n) is 14.1. The number of carbonyl (C=O) groups is 1. The van der Waals surface area contributed by atoms with Crippen molar-refractivity contribution < 1.29 is 18.3 Å². The molecule has 2 fully saturated rings. The van der Waals surface area contributed by atoms with E-state index < -0.39 is 22.0 Å². The molecule has 0 spiro atoms. The average molecular weight is 393 g/mol. The van der Waals surface area contributed by atoms with Gasteiger partial charge in [0.05, 0.1) is 0 Å². The lowest BCUT2D eigenvalue weighted by Gasteiger charge is -2.31. The molecule has 4 rings (SSSR count). The summed E-state index contributed by atoms with van der Waals surface area (Å²) < 4.78 is 27.8. The second-order valence-electron chi connectivity index (χ2n) is 6.89. The topological polar surface area (TPSA) is 87.6 Å². The van der Waals surface area contributed by atoms with Crippen molar-refractivity contribution in [1.82, 2.24) is 9.29 Å². The molecule has 1 saturated carbocycles. The number of carboxylic acid groups (broad SMARTS) is 1. The zero-order chi connectivity index (χ0) is 18.3. The molecule has 1 aromatic heterocycles. The fourth-order valence-electron chi connectivity index (χ4n) is 4.17. The maximum absolute atomic E-state index is 13.3. The van der Waals surface area contributed by atoms with E-state index >= 15 is 0 Å². The Labute approximate surface area is 156 Å². The Balaban J connectivity index is 1.71. The first kappa shape index (κ1) is 17.6. The summed E-state index contributed by atoms with van der Waals surface area (Å²) in [5.41, 5.74) is 0.852. The number of carboxylic acids is 1. The van der Waals surface area contributed by atoms with Gasteiger partial charge in [0.1, 0.15) is 11.0 Å². The van der Waals surface area contributed by atoms with Crippen LogP contribution in [0.2, 0.25) is 0 Å². The fourth-order valence-corrected chi connectivity index (χ4v) is 7.12. The van der Waals surface area contributed by atoms with E-state index in [1.54, 1.807) is 0 Å². The van der Waals surface area contributed by atoms with Gasteiger partial charge in [0.25, 0.3) is 10.0 Å². The molecule has 1 saturated heterocycles. The summed E-state index contributed by atoms with van der Waals surface area (Å²) in [5, 5.41) is 11.7. The number of benzene rings is 1. The SMILES string of the molecule is O=C(O)C1CC2CCCCC2N1S(=O)(=O)c1csc(-c2ccccc2)n1. The van der Waals surface area contributed by atoms with Crippen molar-refractivity contribution in [2.75, 3.05) is 0 Å². The summed E-state index contributed by atoms with van der Waals surface area (Å²) in [4.78, 5) is 16.1. The number of sulfonamides is 1. The summed E-state index contributed by atoms with van der Waals surface area (Å²) in [6.45, 7) is 0. The quantitative estimate of drug-likeness (QED) is 0.863. The van der Waals surface area contributed by atoms with Crippen molar-refractivity contribution in [3.63, 3.8) is 0 Å². The van der Waals surface area contributed by atoms with Crippen molar-refractivity contribution in [1.29, 1.82) is 0 Å². The van der Waals surface area contributed by atoms with E-state index in [9.17, 15) is 18.3 Å². The van der Waals surface area contributed by atoms with Gasteiger partial charge in [-0.05, 0) is 25.2 Å². The molecule has 1 N–H and O–H groups in total. The first-order chi connectivity index (χ1) is 12.5. The second-order valence-corrected chi connectivity index (χ2v) is 9.54. The van der Waals surface area contributed by atoms with E-state index in [-0.39, 0.29) is 17.0 Å². The summed E-state index contributed by atoms with van der Waals surface area (Å²) in [6.07, 6.45) is 3.99. The maximum Gasteiger partial charge on any atom is 0.322 e. The van der Waals surface area contributed by atoms with Gasteiger partial charge < -0.3 is 5.11 Å². The molecular weight excluding hydrogens is 372 g/mol. The molecule has 1 aliphatic carbocycles. The predicted molar refractivity (Wildman–Crippen MR) is 98.4 cm³/mol. The Bertz CT molecular complexity index is 910. The number of fused-ring (bicyclic) bond motifs is 1. The maximum atomic E-state index is 13.3. The van der Waals surface area contributed by atoms with Crippen LogP contribution in [0.3, 0.4) is 0 Å². The number of rotatable bonds is 4. The summed E-state index contributed by atoms with van der Waals surface area (Å²) in [6, 6.07) is 8.17. The van der Waals surface area contributed by atoms with Crippen LogP contribution in [0, 0.1) is 5.92 Å². The highest BCUT2D eigenvalue weighted by Crippen LogP contribution is 2.43. The monoisotopic (exact) mass is 392 g/mol. The van der Waals surface area contributed by atoms with Gasteiger partial charge in [-0.2, -0.15) is 4.31 Å². The minimum Gasteiger partial charge on any atom is -0.480 e. The van der Waals surface area contributed by atoms with Gasteiger partial charge >= 0.3 is 5.97 Å². The molecule has 8 heteroatoms. The average Bonchev–Trinajstić information content (AvgIpc) is 3.28. The molecular formula is C18H20N2O4S2. The van der Waals surface area contributed by atoms with Gasteiger partial charge in [0, 0.05) is 17.0 Å². The van der Waals surface area contributed by atoms with Gasteiger partial charge in [0.15, 0.2) is 5.03 Å². The molecule has 3 atom stereocenters. The van der Waals surface area contributed by atoms with Crippen molar-refractivity contribution in [2.24, 2.45) is 5.92 Å². The molecule has 2 aromatic rings. The van der Waals surface area contributed by atoms with Crippen LogP contribution in [0.25, 0.3) is 10.6 Å². The molecule has 6 nitrogen and oxygen atoms in total. The number of aromatic nitrogens is 1. The Morgan fingerprint density at radius 3 is 2.65 bits per heavy atom. The van der Waals surface area contributed by atoms with Gasteiger partial charge in [-0.15, -0.1) is 11.3 Å². The Morgan fingerprint density at radius 2 is 1.92 bits per heavy atom. The first-order valence-electron chi connectivity index (χ1n) is 8.76. The van der Waals surface area contributed by atoms with Gasteiger partial charge in [-0.3, -0.25) is 4.79 Å².